The number of allylic oxidation sites excluding steroid dienone is 2. The van der Waals surface area contributed by atoms with Gasteiger partial charge in [-0.05, 0) is 82.1 Å². The van der Waals surface area contributed by atoms with Crippen molar-refractivity contribution in [1.29, 1.82) is 0 Å². The van der Waals surface area contributed by atoms with Crippen molar-refractivity contribution in [2.45, 2.75) is 90.4 Å². The zero-order valence-electron chi connectivity index (χ0n) is 16.6. The lowest BCUT2D eigenvalue weighted by Crippen LogP contribution is -2.31. The fraction of sp³-hybridized carbons (Fsp3) is 0.773. The standard InChI is InChI=1S/C22H34O4/c1-16-8-7-13-22(2,20(16)21(23)24-3)14-12-17-9-6-10-18(17)26-19-11-4-5-15-25-19/h9,18-19H,4-8,10-15H2,1-3H3/t18-,19-,22-/m0/s1. The Kier molecular flexibility index (Phi) is 6.57. The predicted molar refractivity (Wildman–Crippen MR) is 102 cm³/mol. The highest BCUT2D eigenvalue weighted by Gasteiger charge is 2.38. The fourth-order valence-corrected chi connectivity index (χ4v) is 4.86. The minimum atomic E-state index is -0.145. The van der Waals surface area contributed by atoms with E-state index in [4.69, 9.17) is 14.2 Å². The van der Waals surface area contributed by atoms with E-state index in [0.717, 1.165) is 70.0 Å². The number of esters is 1. The van der Waals surface area contributed by atoms with Crippen LogP contribution in [0.2, 0.25) is 0 Å². The highest BCUT2D eigenvalue weighted by atomic mass is 16.7. The first-order chi connectivity index (χ1) is 12.5. The number of methoxy groups -OCH3 is 1. The third-order valence-electron chi connectivity index (χ3n) is 6.37. The molecule has 146 valence electrons. The molecular formula is C22H34O4. The highest BCUT2D eigenvalue weighted by Crippen LogP contribution is 2.46. The second-order valence-corrected chi connectivity index (χ2v) is 8.34. The second-order valence-electron chi connectivity index (χ2n) is 8.34. The summed E-state index contributed by atoms with van der Waals surface area (Å²) in [4.78, 5) is 12.4. The summed E-state index contributed by atoms with van der Waals surface area (Å²) < 4.78 is 17.1. The zero-order valence-corrected chi connectivity index (χ0v) is 16.6. The number of carbonyl (C=O) groups excluding carboxylic acids is 1. The van der Waals surface area contributed by atoms with Gasteiger partial charge in [-0.3, -0.25) is 0 Å². The van der Waals surface area contributed by atoms with Crippen molar-refractivity contribution in [3.63, 3.8) is 0 Å². The van der Waals surface area contributed by atoms with Gasteiger partial charge in [0.25, 0.3) is 0 Å². The van der Waals surface area contributed by atoms with Gasteiger partial charge >= 0.3 is 5.97 Å². The largest absolute Gasteiger partial charge is 0.466 e. The summed E-state index contributed by atoms with van der Waals surface area (Å²) in [6.45, 7) is 5.14. The molecule has 0 N–H and O–H groups in total. The van der Waals surface area contributed by atoms with Crippen LogP contribution in [0.4, 0.5) is 0 Å². The van der Waals surface area contributed by atoms with Gasteiger partial charge in [0, 0.05) is 12.2 Å². The first-order valence-electron chi connectivity index (χ1n) is 10.3. The summed E-state index contributed by atoms with van der Waals surface area (Å²) in [5, 5.41) is 0. The Hall–Kier alpha value is -1.13. The lowest BCUT2D eigenvalue weighted by molar-refractivity contribution is -0.180. The van der Waals surface area contributed by atoms with Crippen LogP contribution in [0.15, 0.2) is 22.8 Å². The summed E-state index contributed by atoms with van der Waals surface area (Å²) >= 11 is 0. The Labute approximate surface area is 158 Å². The molecule has 3 rings (SSSR count). The Morgan fingerprint density at radius 1 is 1.31 bits per heavy atom. The molecule has 0 radical (unpaired) electrons. The Morgan fingerprint density at radius 2 is 2.15 bits per heavy atom. The molecule has 0 bridgehead atoms. The van der Waals surface area contributed by atoms with Crippen molar-refractivity contribution in [1.82, 2.24) is 0 Å². The van der Waals surface area contributed by atoms with Crippen LogP contribution in [0, 0.1) is 5.41 Å². The molecule has 1 aliphatic heterocycles. The topological polar surface area (TPSA) is 44.8 Å². The van der Waals surface area contributed by atoms with E-state index in [-0.39, 0.29) is 23.8 Å². The van der Waals surface area contributed by atoms with Crippen molar-refractivity contribution in [3.05, 3.63) is 22.8 Å². The summed E-state index contributed by atoms with van der Waals surface area (Å²) in [7, 11) is 1.49. The van der Waals surface area contributed by atoms with Gasteiger partial charge in [0.15, 0.2) is 6.29 Å². The van der Waals surface area contributed by atoms with E-state index in [1.165, 1.54) is 24.7 Å². The second kappa shape index (κ2) is 8.71. The SMILES string of the molecule is COC(=O)C1=C(C)CCC[C@@]1(C)CCC1=CCC[C@@H]1O[C@H]1CCCCO1. The molecule has 26 heavy (non-hydrogen) atoms. The van der Waals surface area contributed by atoms with Crippen molar-refractivity contribution in [3.8, 4) is 0 Å². The number of carbonyl (C=O) groups is 1. The molecule has 0 aromatic rings. The fourth-order valence-electron chi connectivity index (χ4n) is 4.86. The van der Waals surface area contributed by atoms with Crippen LogP contribution in [0.25, 0.3) is 0 Å². The maximum atomic E-state index is 12.4. The van der Waals surface area contributed by atoms with Gasteiger partial charge in [-0.25, -0.2) is 4.79 Å². The minimum absolute atomic E-state index is 0.0340. The van der Waals surface area contributed by atoms with Gasteiger partial charge in [0.05, 0.1) is 13.2 Å². The summed E-state index contributed by atoms with van der Waals surface area (Å²) in [5.74, 6) is -0.145. The molecule has 0 amide bonds. The molecule has 1 heterocycles. The van der Waals surface area contributed by atoms with E-state index in [1.807, 2.05) is 0 Å². The Bertz CT molecular complexity index is 571. The van der Waals surface area contributed by atoms with Crippen LogP contribution in [-0.4, -0.2) is 32.1 Å². The minimum Gasteiger partial charge on any atom is -0.466 e. The van der Waals surface area contributed by atoms with E-state index in [1.54, 1.807) is 0 Å². The molecule has 1 saturated heterocycles. The van der Waals surface area contributed by atoms with E-state index < -0.39 is 0 Å². The average Bonchev–Trinajstić information content (AvgIpc) is 3.07. The molecule has 4 heteroatoms. The van der Waals surface area contributed by atoms with Gasteiger partial charge in [0.2, 0.25) is 0 Å². The molecular weight excluding hydrogens is 328 g/mol. The van der Waals surface area contributed by atoms with Crippen molar-refractivity contribution < 1.29 is 19.0 Å². The number of rotatable bonds is 6. The van der Waals surface area contributed by atoms with Crippen LogP contribution in [-0.2, 0) is 19.0 Å². The van der Waals surface area contributed by atoms with Gasteiger partial charge in [-0.2, -0.15) is 0 Å². The van der Waals surface area contributed by atoms with Gasteiger partial charge < -0.3 is 14.2 Å². The molecule has 4 nitrogen and oxygen atoms in total. The highest BCUT2D eigenvalue weighted by molar-refractivity contribution is 5.91. The first-order valence-corrected chi connectivity index (χ1v) is 10.3. The molecule has 0 saturated carbocycles. The lowest BCUT2D eigenvalue weighted by atomic mass is 9.68. The molecule has 2 aliphatic carbocycles. The van der Waals surface area contributed by atoms with E-state index in [0.29, 0.717) is 0 Å². The lowest BCUT2D eigenvalue weighted by Gasteiger charge is -2.37. The van der Waals surface area contributed by atoms with Crippen LogP contribution < -0.4 is 0 Å². The molecule has 0 aromatic heterocycles. The van der Waals surface area contributed by atoms with E-state index >= 15 is 0 Å². The normalized spacial score (nSPS) is 32.5. The van der Waals surface area contributed by atoms with Crippen LogP contribution in [0.5, 0.6) is 0 Å². The number of hydrogen-bond acceptors (Lipinski definition) is 4. The zero-order chi connectivity index (χ0) is 18.6. The molecule has 0 unspecified atom stereocenters. The predicted octanol–water partition coefficient (Wildman–Crippen LogP) is 5.08. The van der Waals surface area contributed by atoms with Crippen molar-refractivity contribution in [2.75, 3.05) is 13.7 Å². The van der Waals surface area contributed by atoms with Crippen LogP contribution >= 0.6 is 0 Å². The quantitative estimate of drug-likeness (QED) is 0.488. The van der Waals surface area contributed by atoms with E-state index in [2.05, 4.69) is 19.9 Å². The van der Waals surface area contributed by atoms with Crippen molar-refractivity contribution in [2.24, 2.45) is 5.41 Å². The number of hydrogen-bond donors (Lipinski definition) is 0. The summed E-state index contributed by atoms with van der Waals surface area (Å²) in [6.07, 6.45) is 13.2. The molecule has 1 fully saturated rings. The number of ether oxygens (including phenoxy) is 3. The van der Waals surface area contributed by atoms with Crippen LogP contribution in [0.3, 0.4) is 0 Å². The van der Waals surface area contributed by atoms with Gasteiger partial charge in [0.1, 0.15) is 0 Å². The van der Waals surface area contributed by atoms with E-state index in [9.17, 15) is 4.79 Å². The monoisotopic (exact) mass is 362 g/mol. The smallest absolute Gasteiger partial charge is 0.334 e. The third kappa shape index (κ3) is 4.40. The summed E-state index contributed by atoms with van der Waals surface area (Å²) in [6, 6.07) is 0. The van der Waals surface area contributed by atoms with Crippen molar-refractivity contribution >= 4 is 5.97 Å². The maximum absolute atomic E-state index is 12.4. The maximum Gasteiger partial charge on any atom is 0.334 e. The molecule has 0 aromatic carbocycles. The Balaban J connectivity index is 1.62. The summed E-state index contributed by atoms with van der Waals surface area (Å²) in [5.41, 5.74) is 3.42. The van der Waals surface area contributed by atoms with Gasteiger partial charge in [-0.15, -0.1) is 0 Å². The molecule has 0 spiro atoms. The molecule has 3 aliphatic rings. The Morgan fingerprint density at radius 3 is 2.88 bits per heavy atom. The van der Waals surface area contributed by atoms with Crippen LogP contribution in [0.1, 0.15) is 78.1 Å². The van der Waals surface area contributed by atoms with Gasteiger partial charge in [-0.1, -0.05) is 18.6 Å². The third-order valence-corrected chi connectivity index (χ3v) is 6.37. The molecule has 3 atom stereocenters. The average molecular weight is 363 g/mol. The first kappa shape index (κ1) is 19.6.